The lowest BCUT2D eigenvalue weighted by molar-refractivity contribution is 0.386. The van der Waals surface area contributed by atoms with Crippen molar-refractivity contribution in [1.82, 2.24) is 0 Å². The Bertz CT molecular complexity index is 613. The van der Waals surface area contributed by atoms with Crippen LogP contribution in [0.3, 0.4) is 0 Å². The van der Waals surface area contributed by atoms with Crippen LogP contribution in [0.15, 0.2) is 36.4 Å². The molecule has 0 aromatic heterocycles. The van der Waals surface area contributed by atoms with Crippen molar-refractivity contribution in [2.75, 3.05) is 14.2 Å². The molecule has 0 aliphatic rings. The van der Waals surface area contributed by atoms with Crippen LogP contribution in [0.25, 0.3) is 0 Å². The number of hydrogen-bond donors (Lipinski definition) is 0. The molecule has 0 aliphatic heterocycles. The molecule has 2 nitrogen and oxygen atoms in total. The van der Waals surface area contributed by atoms with Crippen LogP contribution < -0.4 is 9.47 Å². The number of ether oxygens (including phenoxy) is 2. The highest BCUT2D eigenvalue weighted by atomic mass is 35.5. The molecular weight excluding hydrogens is 279 g/mol. The Morgan fingerprint density at radius 2 is 1.55 bits per heavy atom. The summed E-state index contributed by atoms with van der Waals surface area (Å²) in [6.45, 7) is 1.96. The van der Waals surface area contributed by atoms with Gasteiger partial charge in [0.25, 0.3) is 0 Å². The van der Waals surface area contributed by atoms with Gasteiger partial charge in [0, 0.05) is 0 Å². The van der Waals surface area contributed by atoms with Gasteiger partial charge in [0.1, 0.15) is 5.75 Å². The smallest absolute Gasteiger partial charge is 0.165 e. The maximum atomic E-state index is 13.4. The molecule has 2 aromatic rings. The summed E-state index contributed by atoms with van der Waals surface area (Å²) >= 11 is 6.46. The van der Waals surface area contributed by atoms with Gasteiger partial charge in [-0.2, -0.15) is 0 Å². The molecule has 2 rings (SSSR count). The maximum Gasteiger partial charge on any atom is 0.165 e. The molecule has 0 heterocycles. The number of halogens is 2. The highest BCUT2D eigenvalue weighted by Gasteiger charge is 2.14. The van der Waals surface area contributed by atoms with Crippen LogP contribution >= 0.6 is 11.6 Å². The lowest BCUT2D eigenvalue weighted by atomic mass is 10.0. The molecule has 1 atom stereocenters. The van der Waals surface area contributed by atoms with E-state index in [1.165, 1.54) is 13.2 Å². The second-order valence-electron chi connectivity index (χ2n) is 4.49. The molecule has 1 unspecified atom stereocenters. The number of methoxy groups -OCH3 is 2. The lowest BCUT2D eigenvalue weighted by Gasteiger charge is -2.14. The number of alkyl halides is 1. The lowest BCUT2D eigenvalue weighted by Crippen LogP contribution is -1.97. The van der Waals surface area contributed by atoms with E-state index in [0.717, 1.165) is 22.4 Å². The Kier molecular flexibility index (Phi) is 4.50. The first-order valence-electron chi connectivity index (χ1n) is 6.19. The van der Waals surface area contributed by atoms with E-state index >= 15 is 0 Å². The minimum absolute atomic E-state index is 0.193. The van der Waals surface area contributed by atoms with E-state index in [1.807, 2.05) is 25.1 Å². The predicted octanol–water partition coefficient (Wildman–Crippen LogP) is 4.48. The van der Waals surface area contributed by atoms with Crippen LogP contribution in [0.1, 0.15) is 22.1 Å². The molecule has 0 saturated carbocycles. The van der Waals surface area contributed by atoms with Gasteiger partial charge in [0.05, 0.1) is 19.6 Å². The molecule has 0 saturated heterocycles. The minimum Gasteiger partial charge on any atom is -0.496 e. The van der Waals surface area contributed by atoms with Crippen LogP contribution in [-0.4, -0.2) is 14.2 Å². The van der Waals surface area contributed by atoms with Gasteiger partial charge < -0.3 is 9.47 Å². The van der Waals surface area contributed by atoms with Gasteiger partial charge in [-0.3, -0.25) is 0 Å². The molecule has 106 valence electrons. The number of benzene rings is 2. The molecule has 0 N–H and O–H groups in total. The van der Waals surface area contributed by atoms with Gasteiger partial charge in [-0.25, -0.2) is 4.39 Å². The normalized spacial score (nSPS) is 12.1. The van der Waals surface area contributed by atoms with Crippen molar-refractivity contribution in [3.8, 4) is 11.5 Å². The Labute approximate surface area is 123 Å². The van der Waals surface area contributed by atoms with Gasteiger partial charge >= 0.3 is 0 Å². The number of rotatable bonds is 4. The molecule has 20 heavy (non-hydrogen) atoms. The zero-order chi connectivity index (χ0) is 14.7. The molecule has 0 bridgehead atoms. The molecule has 0 aliphatic carbocycles. The average Bonchev–Trinajstić information content (AvgIpc) is 2.47. The molecule has 0 spiro atoms. The fourth-order valence-corrected chi connectivity index (χ4v) is 2.36. The quantitative estimate of drug-likeness (QED) is 0.774. The molecule has 0 amide bonds. The average molecular weight is 295 g/mol. The highest BCUT2D eigenvalue weighted by Crippen LogP contribution is 2.33. The zero-order valence-electron chi connectivity index (χ0n) is 11.6. The Morgan fingerprint density at radius 1 is 0.950 bits per heavy atom. The topological polar surface area (TPSA) is 18.5 Å². The maximum absolute atomic E-state index is 13.4. The standard InChI is InChI=1S/C16H16ClFO2/c1-10-8-11(5-7-14(10)19-2)16(17)12-4-6-13(18)15(9-12)20-3/h4-9,16H,1-3H3. The van der Waals surface area contributed by atoms with Crippen LogP contribution in [0.5, 0.6) is 11.5 Å². The Hall–Kier alpha value is -1.74. The summed E-state index contributed by atoms with van der Waals surface area (Å²) in [5.41, 5.74) is 2.72. The third-order valence-electron chi connectivity index (χ3n) is 3.18. The van der Waals surface area contributed by atoms with E-state index in [9.17, 15) is 4.39 Å². The third kappa shape index (κ3) is 2.88. The SMILES string of the molecule is COc1ccc(C(Cl)c2ccc(F)c(OC)c2)cc1C. The van der Waals surface area contributed by atoms with Crippen molar-refractivity contribution in [2.24, 2.45) is 0 Å². The van der Waals surface area contributed by atoms with E-state index in [0.29, 0.717) is 0 Å². The summed E-state index contributed by atoms with van der Waals surface area (Å²) < 4.78 is 23.6. The van der Waals surface area contributed by atoms with Crippen LogP contribution in [-0.2, 0) is 0 Å². The van der Waals surface area contributed by atoms with E-state index in [4.69, 9.17) is 21.1 Å². The summed E-state index contributed by atoms with van der Waals surface area (Å²) in [4.78, 5) is 0. The van der Waals surface area contributed by atoms with Crippen molar-refractivity contribution in [3.05, 3.63) is 58.9 Å². The summed E-state index contributed by atoms with van der Waals surface area (Å²) in [6.07, 6.45) is 0. The van der Waals surface area contributed by atoms with Gasteiger partial charge in [-0.1, -0.05) is 18.2 Å². The van der Waals surface area contributed by atoms with Gasteiger partial charge in [-0.15, -0.1) is 11.6 Å². The van der Waals surface area contributed by atoms with E-state index in [2.05, 4.69) is 0 Å². The Balaban J connectivity index is 2.35. The first-order valence-corrected chi connectivity index (χ1v) is 6.62. The van der Waals surface area contributed by atoms with E-state index < -0.39 is 5.82 Å². The molecule has 4 heteroatoms. The summed E-state index contributed by atoms with van der Waals surface area (Å²) in [6, 6.07) is 10.4. The Morgan fingerprint density at radius 3 is 2.15 bits per heavy atom. The van der Waals surface area contributed by atoms with Gasteiger partial charge in [0.2, 0.25) is 0 Å². The van der Waals surface area contributed by atoms with Crippen molar-refractivity contribution in [1.29, 1.82) is 0 Å². The van der Waals surface area contributed by atoms with Gasteiger partial charge in [-0.05, 0) is 41.8 Å². The molecule has 0 radical (unpaired) electrons. The van der Waals surface area contributed by atoms with Gasteiger partial charge in [0.15, 0.2) is 11.6 Å². The van der Waals surface area contributed by atoms with Crippen molar-refractivity contribution in [2.45, 2.75) is 12.3 Å². The van der Waals surface area contributed by atoms with Crippen molar-refractivity contribution >= 4 is 11.6 Å². The number of hydrogen-bond acceptors (Lipinski definition) is 2. The van der Waals surface area contributed by atoms with Crippen molar-refractivity contribution in [3.63, 3.8) is 0 Å². The van der Waals surface area contributed by atoms with E-state index in [1.54, 1.807) is 19.2 Å². The first kappa shape index (κ1) is 14.7. The van der Waals surface area contributed by atoms with Crippen LogP contribution in [0, 0.1) is 12.7 Å². The summed E-state index contributed by atoms with van der Waals surface area (Å²) in [7, 11) is 3.06. The van der Waals surface area contributed by atoms with Crippen LogP contribution in [0.4, 0.5) is 4.39 Å². The molecule has 0 fully saturated rings. The fourth-order valence-electron chi connectivity index (χ4n) is 2.09. The van der Waals surface area contributed by atoms with E-state index in [-0.39, 0.29) is 11.1 Å². The molecule has 2 aromatic carbocycles. The third-order valence-corrected chi connectivity index (χ3v) is 3.68. The van der Waals surface area contributed by atoms with Crippen molar-refractivity contribution < 1.29 is 13.9 Å². The summed E-state index contributed by atoms with van der Waals surface area (Å²) in [5, 5.41) is -0.367. The number of aryl methyl sites for hydroxylation is 1. The molecular formula is C16H16ClFO2. The first-order chi connectivity index (χ1) is 9.56. The second-order valence-corrected chi connectivity index (χ2v) is 4.92. The monoisotopic (exact) mass is 294 g/mol. The fraction of sp³-hybridized carbons (Fsp3) is 0.250. The minimum atomic E-state index is -0.397. The van der Waals surface area contributed by atoms with Crippen LogP contribution in [0.2, 0.25) is 0 Å². The largest absolute Gasteiger partial charge is 0.496 e. The highest BCUT2D eigenvalue weighted by molar-refractivity contribution is 6.22. The summed E-state index contributed by atoms with van der Waals surface area (Å²) in [5.74, 6) is 0.610. The zero-order valence-corrected chi connectivity index (χ0v) is 12.4. The predicted molar refractivity (Wildman–Crippen MR) is 78.4 cm³/mol. The second kappa shape index (κ2) is 6.14.